The summed E-state index contributed by atoms with van der Waals surface area (Å²) >= 11 is 0. The first kappa shape index (κ1) is 16.0. The van der Waals surface area contributed by atoms with Gasteiger partial charge in [-0.15, -0.1) is 0 Å². The topological polar surface area (TPSA) is 49.9 Å². The van der Waals surface area contributed by atoms with Gasteiger partial charge >= 0.3 is 0 Å². The molecule has 0 radical (unpaired) electrons. The number of methoxy groups -OCH3 is 1. The van der Waals surface area contributed by atoms with Gasteiger partial charge in [0.2, 0.25) is 11.8 Å². The molecule has 19 heavy (non-hydrogen) atoms. The van der Waals surface area contributed by atoms with Crippen LogP contribution in [0.3, 0.4) is 0 Å². The molecule has 0 unspecified atom stereocenters. The van der Waals surface area contributed by atoms with Crippen LogP contribution in [0.5, 0.6) is 0 Å². The Morgan fingerprint density at radius 2 is 1.84 bits per heavy atom. The van der Waals surface area contributed by atoms with Gasteiger partial charge in [0.25, 0.3) is 0 Å². The maximum absolute atomic E-state index is 12.0. The molecule has 0 saturated carbocycles. The number of rotatable bonds is 7. The van der Waals surface area contributed by atoms with Crippen molar-refractivity contribution in [2.75, 3.05) is 39.9 Å². The van der Waals surface area contributed by atoms with Gasteiger partial charge in [0.1, 0.15) is 0 Å². The zero-order valence-electron chi connectivity index (χ0n) is 12.2. The van der Waals surface area contributed by atoms with Gasteiger partial charge < -0.3 is 14.5 Å². The third kappa shape index (κ3) is 6.05. The van der Waals surface area contributed by atoms with E-state index in [2.05, 4.69) is 0 Å². The molecule has 1 aliphatic rings. The summed E-state index contributed by atoms with van der Waals surface area (Å²) in [7, 11) is 1.65. The molecule has 1 fully saturated rings. The van der Waals surface area contributed by atoms with Crippen molar-refractivity contribution in [1.29, 1.82) is 0 Å². The largest absolute Gasteiger partial charge is 0.385 e. The third-order valence-electron chi connectivity index (χ3n) is 3.53. The van der Waals surface area contributed by atoms with Gasteiger partial charge in [-0.25, -0.2) is 0 Å². The van der Waals surface area contributed by atoms with E-state index in [1.165, 1.54) is 6.42 Å². The Kier molecular flexibility index (Phi) is 7.48. The second-order valence-corrected chi connectivity index (χ2v) is 5.04. The predicted octanol–water partition coefficient (Wildman–Crippen LogP) is 1.27. The van der Waals surface area contributed by atoms with Crippen LogP contribution in [-0.4, -0.2) is 61.5 Å². The van der Waals surface area contributed by atoms with Crippen molar-refractivity contribution < 1.29 is 14.3 Å². The molecule has 1 rings (SSSR count). The molecular weight excluding hydrogens is 244 g/mol. The van der Waals surface area contributed by atoms with Crippen LogP contribution in [0.1, 0.15) is 39.0 Å². The summed E-state index contributed by atoms with van der Waals surface area (Å²) in [4.78, 5) is 27.2. The van der Waals surface area contributed by atoms with Crippen LogP contribution in [0.25, 0.3) is 0 Å². The zero-order chi connectivity index (χ0) is 14.1. The minimum Gasteiger partial charge on any atom is -0.385 e. The lowest BCUT2D eigenvalue weighted by molar-refractivity contribution is -0.134. The summed E-state index contributed by atoms with van der Waals surface area (Å²) in [5.74, 6) is 0.209. The SMILES string of the molecule is COCCCN(CCC(=O)N1CCCCC1)C(C)=O. The van der Waals surface area contributed by atoms with Gasteiger partial charge in [-0.05, 0) is 25.7 Å². The highest BCUT2D eigenvalue weighted by atomic mass is 16.5. The maximum atomic E-state index is 12.0. The predicted molar refractivity (Wildman–Crippen MR) is 73.8 cm³/mol. The molecule has 0 aromatic heterocycles. The van der Waals surface area contributed by atoms with Gasteiger partial charge in [-0.3, -0.25) is 9.59 Å². The fourth-order valence-corrected chi connectivity index (χ4v) is 2.36. The minimum absolute atomic E-state index is 0.0301. The molecule has 2 amide bonds. The second-order valence-electron chi connectivity index (χ2n) is 5.04. The van der Waals surface area contributed by atoms with Gasteiger partial charge in [0.05, 0.1) is 0 Å². The first-order valence-corrected chi connectivity index (χ1v) is 7.17. The Morgan fingerprint density at radius 3 is 2.42 bits per heavy atom. The molecule has 1 heterocycles. The minimum atomic E-state index is 0.0301. The molecule has 0 bridgehead atoms. The standard InChI is InChI=1S/C14H26N2O3/c1-13(17)15(10-6-12-19-2)11-7-14(18)16-8-4-3-5-9-16/h3-12H2,1-2H3. The van der Waals surface area contributed by atoms with Crippen LogP contribution in [0.2, 0.25) is 0 Å². The summed E-state index contributed by atoms with van der Waals surface area (Å²) in [6.07, 6.45) is 4.69. The molecule has 0 aromatic carbocycles. The lowest BCUT2D eigenvalue weighted by atomic mass is 10.1. The smallest absolute Gasteiger partial charge is 0.224 e. The Morgan fingerprint density at radius 1 is 1.16 bits per heavy atom. The molecule has 1 saturated heterocycles. The Bertz CT molecular complexity index is 288. The average molecular weight is 270 g/mol. The van der Waals surface area contributed by atoms with Crippen molar-refractivity contribution in [2.24, 2.45) is 0 Å². The van der Waals surface area contributed by atoms with Crippen LogP contribution in [-0.2, 0) is 14.3 Å². The molecule has 0 spiro atoms. The molecule has 110 valence electrons. The maximum Gasteiger partial charge on any atom is 0.224 e. The van der Waals surface area contributed by atoms with E-state index in [4.69, 9.17) is 4.74 Å². The normalized spacial score (nSPS) is 15.4. The molecule has 1 aliphatic heterocycles. The third-order valence-corrected chi connectivity index (χ3v) is 3.53. The van der Waals surface area contributed by atoms with Crippen LogP contribution in [0.4, 0.5) is 0 Å². The Hall–Kier alpha value is -1.10. The van der Waals surface area contributed by atoms with E-state index < -0.39 is 0 Å². The number of carbonyl (C=O) groups is 2. The fourth-order valence-electron chi connectivity index (χ4n) is 2.36. The zero-order valence-corrected chi connectivity index (χ0v) is 12.2. The summed E-state index contributed by atoms with van der Waals surface area (Å²) in [6.45, 7) is 5.14. The monoisotopic (exact) mass is 270 g/mol. The number of carbonyl (C=O) groups excluding carboxylic acids is 2. The van der Waals surface area contributed by atoms with E-state index in [1.54, 1.807) is 18.9 Å². The number of amides is 2. The number of nitrogens with zero attached hydrogens (tertiary/aromatic N) is 2. The molecule has 5 nitrogen and oxygen atoms in total. The van der Waals surface area contributed by atoms with E-state index in [0.717, 1.165) is 32.4 Å². The van der Waals surface area contributed by atoms with E-state index in [1.807, 2.05) is 4.90 Å². The van der Waals surface area contributed by atoms with E-state index >= 15 is 0 Å². The van der Waals surface area contributed by atoms with Gasteiger partial charge in [0.15, 0.2) is 0 Å². The van der Waals surface area contributed by atoms with Crippen molar-refractivity contribution >= 4 is 11.8 Å². The van der Waals surface area contributed by atoms with Gasteiger partial charge in [-0.1, -0.05) is 0 Å². The molecule has 0 N–H and O–H groups in total. The van der Waals surface area contributed by atoms with E-state index in [0.29, 0.717) is 26.1 Å². The highest BCUT2D eigenvalue weighted by Gasteiger charge is 2.18. The van der Waals surface area contributed by atoms with Gasteiger partial charge in [0, 0.05) is 53.2 Å². The number of ether oxygens (including phenoxy) is 1. The summed E-state index contributed by atoms with van der Waals surface area (Å²) in [5.41, 5.74) is 0. The fraction of sp³-hybridized carbons (Fsp3) is 0.857. The van der Waals surface area contributed by atoms with Crippen molar-refractivity contribution in [2.45, 2.75) is 39.0 Å². The van der Waals surface area contributed by atoms with E-state index in [9.17, 15) is 9.59 Å². The van der Waals surface area contributed by atoms with Crippen LogP contribution < -0.4 is 0 Å². The summed E-state index contributed by atoms with van der Waals surface area (Å²) < 4.78 is 4.98. The van der Waals surface area contributed by atoms with Crippen LogP contribution in [0.15, 0.2) is 0 Å². The Balaban J connectivity index is 2.29. The number of piperidine rings is 1. The lowest BCUT2D eigenvalue weighted by Crippen LogP contribution is -2.39. The summed E-state index contributed by atoms with van der Waals surface area (Å²) in [5, 5.41) is 0. The Labute approximate surface area is 115 Å². The molecular formula is C14H26N2O3. The highest BCUT2D eigenvalue weighted by Crippen LogP contribution is 2.10. The van der Waals surface area contributed by atoms with Gasteiger partial charge in [-0.2, -0.15) is 0 Å². The molecule has 5 heteroatoms. The average Bonchev–Trinajstić information content (AvgIpc) is 2.43. The van der Waals surface area contributed by atoms with Crippen molar-refractivity contribution in [3.05, 3.63) is 0 Å². The lowest BCUT2D eigenvalue weighted by Gasteiger charge is -2.28. The molecule has 0 atom stereocenters. The second kappa shape index (κ2) is 8.91. The number of hydrogen-bond donors (Lipinski definition) is 0. The number of hydrogen-bond acceptors (Lipinski definition) is 3. The van der Waals surface area contributed by atoms with Crippen molar-refractivity contribution in [3.63, 3.8) is 0 Å². The molecule has 0 aliphatic carbocycles. The molecule has 0 aromatic rings. The van der Waals surface area contributed by atoms with Crippen molar-refractivity contribution in [3.8, 4) is 0 Å². The van der Waals surface area contributed by atoms with E-state index in [-0.39, 0.29) is 11.8 Å². The van der Waals surface area contributed by atoms with Crippen LogP contribution in [0, 0.1) is 0 Å². The highest BCUT2D eigenvalue weighted by molar-refractivity contribution is 5.78. The summed E-state index contributed by atoms with van der Waals surface area (Å²) in [6, 6.07) is 0. The first-order valence-electron chi connectivity index (χ1n) is 7.17. The van der Waals surface area contributed by atoms with Crippen molar-refractivity contribution in [1.82, 2.24) is 9.80 Å². The first-order chi connectivity index (χ1) is 9.15. The quantitative estimate of drug-likeness (QED) is 0.655. The number of likely N-dealkylation sites (tertiary alicyclic amines) is 1. The van der Waals surface area contributed by atoms with Crippen LogP contribution >= 0.6 is 0 Å².